The van der Waals surface area contributed by atoms with Gasteiger partial charge in [0.25, 0.3) is 5.91 Å². The molecule has 0 heterocycles. The maximum atomic E-state index is 10.7. The highest BCUT2D eigenvalue weighted by molar-refractivity contribution is 6.26. The summed E-state index contributed by atoms with van der Waals surface area (Å²) in [7, 11) is 3.17. The summed E-state index contributed by atoms with van der Waals surface area (Å²) in [5.74, 6) is -0.160. The third-order valence-electron chi connectivity index (χ3n) is 0.861. The lowest BCUT2D eigenvalue weighted by molar-refractivity contribution is -0.120. The van der Waals surface area contributed by atoms with Crippen molar-refractivity contribution in [1.82, 2.24) is 4.90 Å². The first kappa shape index (κ1) is 7.88. The van der Waals surface area contributed by atoms with Crippen molar-refractivity contribution in [2.45, 2.75) is 0 Å². The molecule has 0 aromatic heterocycles. The van der Waals surface area contributed by atoms with Gasteiger partial charge >= 0.3 is 0 Å². The molecule has 0 aliphatic carbocycles. The predicted octanol–water partition coefficient (Wildman–Crippen LogP) is 0.289. The molecule has 3 nitrogen and oxygen atoms in total. The fourth-order valence-electron chi connectivity index (χ4n) is 0.291. The van der Waals surface area contributed by atoms with E-state index in [9.17, 15) is 4.79 Å². The molecular weight excluding hydrogens is 116 g/mol. The molecule has 0 saturated carbocycles. The van der Waals surface area contributed by atoms with E-state index >= 15 is 0 Å². The van der Waals surface area contributed by atoms with E-state index in [4.69, 9.17) is 0 Å². The molecule has 0 unspecified atom stereocenters. The first-order valence-electron chi connectivity index (χ1n) is 2.54. The average Bonchev–Trinajstić information content (AvgIpc) is 1.87. The first-order valence-corrected chi connectivity index (χ1v) is 2.54. The Morgan fingerprint density at radius 3 is 2.67 bits per heavy atom. The molecule has 0 aliphatic heterocycles. The maximum absolute atomic E-state index is 10.7. The van der Waals surface area contributed by atoms with Crippen molar-refractivity contribution in [3.05, 3.63) is 12.8 Å². The van der Waals surface area contributed by atoms with E-state index in [1.807, 2.05) is 0 Å². The van der Waals surface area contributed by atoms with Crippen molar-refractivity contribution in [2.24, 2.45) is 4.99 Å². The maximum Gasteiger partial charge on any atom is 0.268 e. The van der Waals surface area contributed by atoms with Crippen LogP contribution in [0.1, 0.15) is 0 Å². The summed E-state index contributed by atoms with van der Waals surface area (Å²) in [6, 6.07) is 0. The zero-order valence-electron chi connectivity index (χ0n) is 5.66. The molecule has 0 bridgehead atoms. The standard InChI is InChI=1S/C6H10N2O/c1-4-8(3)6(9)5-7-2/h4-5H,1H2,2-3H3. The van der Waals surface area contributed by atoms with E-state index in [1.54, 1.807) is 14.1 Å². The lowest BCUT2D eigenvalue weighted by Gasteiger charge is -2.05. The number of rotatable bonds is 2. The number of aliphatic imine (C=N–C) groups is 1. The second-order valence-electron chi connectivity index (χ2n) is 1.52. The minimum atomic E-state index is -0.160. The normalized spacial score (nSPS) is 9.56. The van der Waals surface area contributed by atoms with Gasteiger partial charge in [-0.15, -0.1) is 0 Å². The topological polar surface area (TPSA) is 32.7 Å². The Balaban J connectivity index is 3.87. The quantitative estimate of drug-likeness (QED) is 0.489. The van der Waals surface area contributed by atoms with E-state index in [-0.39, 0.29) is 5.91 Å². The average molecular weight is 126 g/mol. The van der Waals surface area contributed by atoms with E-state index in [1.165, 1.54) is 17.3 Å². The molecule has 0 radical (unpaired) electrons. The molecule has 0 N–H and O–H groups in total. The highest BCUT2D eigenvalue weighted by atomic mass is 16.2. The van der Waals surface area contributed by atoms with Gasteiger partial charge in [0, 0.05) is 14.1 Å². The third-order valence-corrected chi connectivity index (χ3v) is 0.861. The Kier molecular flexibility index (Phi) is 3.35. The molecule has 0 aromatic carbocycles. The summed E-state index contributed by atoms with van der Waals surface area (Å²) in [6.07, 6.45) is 2.67. The van der Waals surface area contributed by atoms with Crippen LogP contribution in [0, 0.1) is 0 Å². The van der Waals surface area contributed by atoms with Gasteiger partial charge in [-0.1, -0.05) is 6.58 Å². The van der Waals surface area contributed by atoms with Crippen LogP contribution in [-0.2, 0) is 4.79 Å². The summed E-state index contributed by atoms with van der Waals surface area (Å²) < 4.78 is 0. The molecule has 0 saturated heterocycles. The second-order valence-corrected chi connectivity index (χ2v) is 1.52. The van der Waals surface area contributed by atoms with Crippen molar-refractivity contribution in [1.29, 1.82) is 0 Å². The SMILES string of the molecule is C=CN(C)C(=O)C=NC. The largest absolute Gasteiger partial charge is 0.318 e. The van der Waals surface area contributed by atoms with Gasteiger partial charge in [-0.2, -0.15) is 0 Å². The van der Waals surface area contributed by atoms with Gasteiger partial charge < -0.3 is 4.90 Å². The Morgan fingerprint density at radius 1 is 1.78 bits per heavy atom. The number of nitrogens with zero attached hydrogens (tertiary/aromatic N) is 2. The monoisotopic (exact) mass is 126 g/mol. The van der Waals surface area contributed by atoms with Crippen LogP contribution in [0.2, 0.25) is 0 Å². The highest BCUT2D eigenvalue weighted by Crippen LogP contribution is 1.79. The van der Waals surface area contributed by atoms with Gasteiger partial charge in [0.15, 0.2) is 0 Å². The van der Waals surface area contributed by atoms with E-state index in [2.05, 4.69) is 11.6 Å². The molecule has 0 aromatic rings. The number of carbonyl (C=O) groups excluding carboxylic acids is 1. The molecule has 0 atom stereocenters. The van der Waals surface area contributed by atoms with Crippen LogP contribution < -0.4 is 0 Å². The smallest absolute Gasteiger partial charge is 0.268 e. The van der Waals surface area contributed by atoms with Crippen LogP contribution in [0.4, 0.5) is 0 Å². The minimum Gasteiger partial charge on any atom is -0.318 e. The van der Waals surface area contributed by atoms with Crippen molar-refractivity contribution in [2.75, 3.05) is 14.1 Å². The van der Waals surface area contributed by atoms with Gasteiger partial charge in [-0.05, 0) is 6.20 Å². The molecule has 9 heavy (non-hydrogen) atoms. The van der Waals surface area contributed by atoms with Crippen molar-refractivity contribution >= 4 is 12.1 Å². The van der Waals surface area contributed by atoms with Crippen LogP contribution in [0.15, 0.2) is 17.8 Å². The number of hydrogen-bond acceptors (Lipinski definition) is 2. The molecule has 0 fully saturated rings. The highest BCUT2D eigenvalue weighted by Gasteiger charge is 1.97. The molecule has 1 amide bonds. The van der Waals surface area contributed by atoms with Crippen LogP contribution in [-0.4, -0.2) is 31.1 Å². The lowest BCUT2D eigenvalue weighted by atomic mass is 10.6. The Bertz CT molecular complexity index is 140. The summed E-state index contributed by atoms with van der Waals surface area (Å²) in [4.78, 5) is 15.6. The van der Waals surface area contributed by atoms with Crippen molar-refractivity contribution < 1.29 is 4.79 Å². The Hall–Kier alpha value is -1.12. The Labute approximate surface area is 54.7 Å². The summed E-state index contributed by atoms with van der Waals surface area (Å²) >= 11 is 0. The summed E-state index contributed by atoms with van der Waals surface area (Å²) in [5, 5.41) is 0. The molecule has 3 heteroatoms. The van der Waals surface area contributed by atoms with Gasteiger partial charge in [0.1, 0.15) is 0 Å². The third kappa shape index (κ3) is 2.64. The van der Waals surface area contributed by atoms with E-state index < -0.39 is 0 Å². The van der Waals surface area contributed by atoms with Gasteiger partial charge in [-0.3, -0.25) is 9.79 Å². The molecule has 50 valence electrons. The van der Waals surface area contributed by atoms with E-state index in [0.717, 1.165) is 0 Å². The number of carbonyl (C=O) groups is 1. The number of hydrogen-bond donors (Lipinski definition) is 0. The minimum absolute atomic E-state index is 0.160. The van der Waals surface area contributed by atoms with Crippen LogP contribution in [0.3, 0.4) is 0 Å². The number of amides is 1. The van der Waals surface area contributed by atoms with Crippen molar-refractivity contribution in [3.8, 4) is 0 Å². The molecule has 0 aliphatic rings. The van der Waals surface area contributed by atoms with Crippen molar-refractivity contribution in [3.63, 3.8) is 0 Å². The fraction of sp³-hybridized carbons (Fsp3) is 0.333. The van der Waals surface area contributed by atoms with Gasteiger partial charge in [0.2, 0.25) is 0 Å². The lowest BCUT2D eigenvalue weighted by Crippen LogP contribution is -2.21. The summed E-state index contributed by atoms with van der Waals surface area (Å²) in [5.41, 5.74) is 0. The van der Waals surface area contributed by atoms with Crippen LogP contribution >= 0.6 is 0 Å². The fourth-order valence-corrected chi connectivity index (χ4v) is 0.291. The van der Waals surface area contributed by atoms with Crippen LogP contribution in [0.25, 0.3) is 0 Å². The zero-order valence-corrected chi connectivity index (χ0v) is 5.66. The first-order chi connectivity index (χ1) is 4.22. The van der Waals surface area contributed by atoms with Gasteiger partial charge in [0.05, 0.1) is 6.21 Å². The molecule has 0 spiro atoms. The second kappa shape index (κ2) is 3.83. The van der Waals surface area contributed by atoms with Gasteiger partial charge in [-0.25, -0.2) is 0 Å². The summed E-state index contributed by atoms with van der Waals surface area (Å²) in [6.45, 7) is 3.41. The zero-order chi connectivity index (χ0) is 7.28. The molecular formula is C6H10N2O. The van der Waals surface area contributed by atoms with Crippen LogP contribution in [0.5, 0.6) is 0 Å². The predicted molar refractivity (Wildman–Crippen MR) is 37.4 cm³/mol. The Morgan fingerprint density at radius 2 is 2.33 bits per heavy atom. The van der Waals surface area contributed by atoms with E-state index in [0.29, 0.717) is 0 Å². The molecule has 0 rings (SSSR count).